The highest BCUT2D eigenvalue weighted by molar-refractivity contribution is 6.61. The highest BCUT2D eigenvalue weighted by Gasteiger charge is 2.07. The lowest BCUT2D eigenvalue weighted by Gasteiger charge is -2.07. The predicted octanol–water partition coefficient (Wildman–Crippen LogP) is 5.07. The average molecular weight is 255 g/mol. The second kappa shape index (κ2) is 10.6. The van der Waals surface area contributed by atoms with Crippen LogP contribution in [0.15, 0.2) is 0 Å². The fraction of sp³-hybridized carbons (Fsp3) is 0.909. The van der Waals surface area contributed by atoms with Crippen LogP contribution in [0.4, 0.5) is 4.79 Å². The Hall–Kier alpha value is 0.0500. The smallest absolute Gasteiger partial charge is 0.405 e. The minimum Gasteiger partial charge on any atom is -0.434 e. The zero-order valence-corrected chi connectivity index (χ0v) is 10.8. The number of unbranched alkanes of at least 4 members (excludes halogenated alkanes) is 6. The molecule has 0 aliphatic carbocycles. The molecule has 0 amide bonds. The van der Waals surface area contributed by atoms with Crippen LogP contribution in [0.3, 0.4) is 0 Å². The van der Waals surface area contributed by atoms with Crippen molar-refractivity contribution < 1.29 is 9.53 Å². The molecular weight excluding hydrogens is 235 g/mol. The van der Waals surface area contributed by atoms with Gasteiger partial charge in [-0.2, -0.15) is 0 Å². The number of rotatable bonds is 9. The van der Waals surface area contributed by atoms with E-state index in [4.69, 9.17) is 23.2 Å². The Morgan fingerprint density at radius 3 is 2.20 bits per heavy atom. The van der Waals surface area contributed by atoms with Gasteiger partial charge in [0.25, 0.3) is 0 Å². The normalized spacial score (nSPS) is 12.5. The first-order chi connectivity index (χ1) is 7.16. The van der Waals surface area contributed by atoms with Gasteiger partial charge in [0.1, 0.15) is 0 Å². The summed E-state index contributed by atoms with van der Waals surface area (Å²) in [7, 11) is 0. The number of hydrogen-bond donors (Lipinski definition) is 0. The van der Waals surface area contributed by atoms with Gasteiger partial charge in [-0.15, -0.1) is 0 Å². The van der Waals surface area contributed by atoms with E-state index in [1.807, 2.05) is 0 Å². The van der Waals surface area contributed by atoms with Gasteiger partial charge in [-0.05, 0) is 12.8 Å². The van der Waals surface area contributed by atoms with Gasteiger partial charge in [-0.3, -0.25) is 0 Å². The molecule has 2 nitrogen and oxygen atoms in total. The second-order valence-corrected chi connectivity index (χ2v) is 4.47. The highest BCUT2D eigenvalue weighted by Crippen LogP contribution is 2.14. The van der Waals surface area contributed by atoms with Gasteiger partial charge in [-0.25, -0.2) is 4.79 Å². The van der Waals surface area contributed by atoms with E-state index in [9.17, 15) is 4.79 Å². The summed E-state index contributed by atoms with van der Waals surface area (Å²) in [6, 6.07) is 0. The van der Waals surface area contributed by atoms with E-state index in [-0.39, 0.29) is 0 Å². The van der Waals surface area contributed by atoms with Crippen LogP contribution in [0.2, 0.25) is 0 Å². The first-order valence-electron chi connectivity index (χ1n) is 5.67. The number of carbonyl (C=O) groups is 1. The number of ether oxygens (including phenoxy) is 1. The molecule has 0 radical (unpaired) electrons. The minimum atomic E-state index is -0.821. The molecule has 1 unspecified atom stereocenters. The maximum atomic E-state index is 10.3. The van der Waals surface area contributed by atoms with E-state index in [0.717, 1.165) is 12.8 Å². The molecule has 0 saturated heterocycles. The third-order valence-electron chi connectivity index (χ3n) is 2.26. The molecule has 0 aliphatic heterocycles. The van der Waals surface area contributed by atoms with Crippen molar-refractivity contribution in [2.75, 3.05) is 0 Å². The van der Waals surface area contributed by atoms with Crippen LogP contribution in [0, 0.1) is 0 Å². The van der Waals surface area contributed by atoms with Crippen molar-refractivity contribution >= 4 is 28.6 Å². The van der Waals surface area contributed by atoms with Gasteiger partial charge < -0.3 is 4.74 Å². The molecule has 90 valence electrons. The number of halogens is 2. The summed E-state index contributed by atoms with van der Waals surface area (Å²) in [6.07, 6.45) is 9.26. The van der Waals surface area contributed by atoms with E-state index in [2.05, 4.69) is 11.7 Å². The van der Waals surface area contributed by atoms with Crippen molar-refractivity contribution in [1.29, 1.82) is 0 Å². The molecule has 0 aliphatic rings. The zero-order chi connectivity index (χ0) is 11.5. The van der Waals surface area contributed by atoms with Gasteiger partial charge in [-0.1, -0.05) is 57.0 Å². The van der Waals surface area contributed by atoms with Gasteiger partial charge in [0, 0.05) is 11.6 Å². The van der Waals surface area contributed by atoms with Gasteiger partial charge in [0.05, 0.1) is 0 Å². The first-order valence-corrected chi connectivity index (χ1v) is 6.48. The van der Waals surface area contributed by atoms with Gasteiger partial charge in [0.15, 0.2) is 5.56 Å². The number of alkyl halides is 1. The van der Waals surface area contributed by atoms with Crippen molar-refractivity contribution in [1.82, 2.24) is 0 Å². The molecule has 0 aromatic carbocycles. The quantitative estimate of drug-likeness (QED) is 0.326. The molecule has 0 rings (SSSR count). The Morgan fingerprint density at radius 1 is 1.13 bits per heavy atom. The van der Waals surface area contributed by atoms with Crippen molar-refractivity contribution in [2.24, 2.45) is 0 Å². The molecular formula is C11H20Cl2O2. The third kappa shape index (κ3) is 12.0. The van der Waals surface area contributed by atoms with E-state index in [1.165, 1.54) is 32.1 Å². The monoisotopic (exact) mass is 254 g/mol. The average Bonchev–Trinajstić information content (AvgIpc) is 2.15. The lowest BCUT2D eigenvalue weighted by Crippen LogP contribution is -2.06. The van der Waals surface area contributed by atoms with Crippen LogP contribution in [-0.2, 0) is 4.74 Å². The van der Waals surface area contributed by atoms with Crippen LogP contribution in [0.25, 0.3) is 0 Å². The van der Waals surface area contributed by atoms with E-state index >= 15 is 0 Å². The van der Waals surface area contributed by atoms with Crippen molar-refractivity contribution in [3.8, 4) is 0 Å². The topological polar surface area (TPSA) is 26.3 Å². The molecule has 0 aromatic heterocycles. The molecule has 4 heteroatoms. The maximum absolute atomic E-state index is 10.3. The van der Waals surface area contributed by atoms with Crippen molar-refractivity contribution in [3.05, 3.63) is 0 Å². The van der Waals surface area contributed by atoms with E-state index in [0.29, 0.717) is 6.42 Å². The Bertz CT molecular complexity index is 163. The van der Waals surface area contributed by atoms with Crippen LogP contribution in [0.5, 0.6) is 0 Å². The van der Waals surface area contributed by atoms with Crippen molar-refractivity contribution in [3.63, 3.8) is 0 Å². The zero-order valence-electron chi connectivity index (χ0n) is 9.31. The molecule has 0 fully saturated rings. The number of hydrogen-bond acceptors (Lipinski definition) is 2. The molecule has 15 heavy (non-hydrogen) atoms. The summed E-state index contributed by atoms with van der Waals surface area (Å²) in [6.45, 7) is 2.21. The summed E-state index contributed by atoms with van der Waals surface area (Å²) < 4.78 is 4.59. The predicted molar refractivity (Wildman–Crippen MR) is 64.6 cm³/mol. The van der Waals surface area contributed by atoms with Crippen LogP contribution >= 0.6 is 23.2 Å². The fourth-order valence-electron chi connectivity index (χ4n) is 1.42. The molecule has 0 saturated carbocycles. The summed E-state index contributed by atoms with van der Waals surface area (Å²) >= 11 is 10.7. The summed E-state index contributed by atoms with van der Waals surface area (Å²) in [5, 5.41) is 0. The lowest BCUT2D eigenvalue weighted by atomic mass is 10.1. The molecule has 0 bridgehead atoms. The maximum Gasteiger partial charge on any atom is 0.405 e. The summed E-state index contributed by atoms with van der Waals surface area (Å²) in [4.78, 5) is 10.3. The SMILES string of the molecule is CCCCCCCCCC(Cl)OC(=O)Cl. The van der Waals surface area contributed by atoms with Crippen LogP contribution in [-0.4, -0.2) is 11.0 Å². The minimum absolute atomic E-state index is 0.564. The Morgan fingerprint density at radius 2 is 1.67 bits per heavy atom. The van der Waals surface area contributed by atoms with E-state index < -0.39 is 11.0 Å². The molecule has 1 atom stereocenters. The molecule has 0 spiro atoms. The van der Waals surface area contributed by atoms with Crippen molar-refractivity contribution in [2.45, 2.75) is 63.9 Å². The Labute approximate surface area is 102 Å². The van der Waals surface area contributed by atoms with E-state index in [1.54, 1.807) is 0 Å². The lowest BCUT2D eigenvalue weighted by molar-refractivity contribution is 0.154. The van der Waals surface area contributed by atoms with Crippen LogP contribution < -0.4 is 0 Å². The molecule has 0 heterocycles. The highest BCUT2D eigenvalue weighted by atomic mass is 35.5. The third-order valence-corrected chi connectivity index (χ3v) is 2.65. The Kier molecular flexibility index (Phi) is 10.6. The van der Waals surface area contributed by atoms with Crippen LogP contribution in [0.1, 0.15) is 58.3 Å². The Balaban J connectivity index is 3.13. The first kappa shape index (κ1) is 15.0. The molecule has 0 aromatic rings. The summed E-state index contributed by atoms with van der Waals surface area (Å²) in [5.41, 5.74) is -1.39. The second-order valence-electron chi connectivity index (χ2n) is 3.68. The summed E-state index contributed by atoms with van der Waals surface area (Å²) in [5.74, 6) is 0. The fourth-order valence-corrected chi connectivity index (χ4v) is 1.81. The molecule has 0 N–H and O–H groups in total. The van der Waals surface area contributed by atoms with Gasteiger partial charge in [0.2, 0.25) is 0 Å². The standard InChI is InChI=1S/C11H20Cl2O2/c1-2-3-4-5-6-7-8-9-10(12)15-11(13)14/h10H,2-9H2,1H3. The number of carbonyl (C=O) groups excluding carboxylic acids is 1. The largest absolute Gasteiger partial charge is 0.434 e. The van der Waals surface area contributed by atoms with Gasteiger partial charge >= 0.3 is 5.43 Å².